The molecule has 7 nitrogen and oxygen atoms in total. The van der Waals surface area contributed by atoms with E-state index in [1.165, 1.54) is 4.68 Å². The molecule has 0 fully saturated rings. The van der Waals surface area contributed by atoms with Gasteiger partial charge >= 0.3 is 0 Å². The first-order chi connectivity index (χ1) is 8.49. The Morgan fingerprint density at radius 3 is 2.89 bits per heavy atom. The van der Waals surface area contributed by atoms with Crippen LogP contribution in [0.25, 0.3) is 0 Å². The predicted octanol–water partition coefficient (Wildman–Crippen LogP) is 0.871. The summed E-state index contributed by atoms with van der Waals surface area (Å²) in [4.78, 5) is 17.7. The summed E-state index contributed by atoms with van der Waals surface area (Å²) in [6, 6.07) is 0. The first-order valence-electron chi connectivity index (χ1n) is 5.21. The summed E-state index contributed by atoms with van der Waals surface area (Å²) < 4.78 is 6.62. The predicted molar refractivity (Wildman–Crippen MR) is 68.3 cm³/mol. The molecule has 0 radical (unpaired) electrons. The molecule has 0 atom stereocenters. The van der Waals surface area contributed by atoms with Gasteiger partial charge in [0.05, 0.1) is 18.4 Å². The largest absolute Gasteiger partial charge is 0.365 e. The van der Waals surface area contributed by atoms with Gasteiger partial charge in [0.1, 0.15) is 4.47 Å². The lowest BCUT2D eigenvalue weighted by Gasteiger charge is -2.18. The zero-order valence-corrected chi connectivity index (χ0v) is 11.8. The molecule has 0 aliphatic carbocycles. The molecule has 0 aromatic carbocycles. The maximum atomic E-state index is 11.7. The minimum absolute atomic E-state index is 0.191. The first kappa shape index (κ1) is 12.7. The molecule has 0 saturated carbocycles. The highest BCUT2D eigenvalue weighted by Gasteiger charge is 2.13. The standard InChI is InChI=1S/C10H12BrN5O2/c1-6-13-8(14-18-6)5-15(2)7-4-12-16(3)10(17)9(7)11/h4H,5H2,1-3H3. The first-order valence-corrected chi connectivity index (χ1v) is 6.00. The quantitative estimate of drug-likeness (QED) is 0.837. The van der Waals surface area contributed by atoms with Crippen molar-refractivity contribution in [2.24, 2.45) is 7.05 Å². The lowest BCUT2D eigenvalue weighted by Crippen LogP contribution is -2.25. The van der Waals surface area contributed by atoms with Gasteiger partial charge in [-0.05, 0) is 15.9 Å². The summed E-state index contributed by atoms with van der Waals surface area (Å²) in [7, 11) is 3.42. The lowest BCUT2D eigenvalue weighted by molar-refractivity contribution is 0.387. The van der Waals surface area contributed by atoms with Crippen LogP contribution >= 0.6 is 15.9 Å². The van der Waals surface area contributed by atoms with E-state index in [1.54, 1.807) is 20.2 Å². The molecule has 18 heavy (non-hydrogen) atoms. The SMILES string of the molecule is Cc1nc(CN(C)c2cnn(C)c(=O)c2Br)no1. The monoisotopic (exact) mass is 313 g/mol. The minimum Gasteiger partial charge on any atom is -0.365 e. The van der Waals surface area contributed by atoms with E-state index in [4.69, 9.17) is 4.52 Å². The van der Waals surface area contributed by atoms with Crippen molar-refractivity contribution >= 4 is 21.6 Å². The fraction of sp³-hybridized carbons (Fsp3) is 0.400. The van der Waals surface area contributed by atoms with Crippen molar-refractivity contribution < 1.29 is 4.52 Å². The van der Waals surface area contributed by atoms with Gasteiger partial charge in [0.2, 0.25) is 5.89 Å². The van der Waals surface area contributed by atoms with E-state index >= 15 is 0 Å². The number of nitrogens with zero attached hydrogens (tertiary/aromatic N) is 5. The number of halogens is 1. The summed E-state index contributed by atoms with van der Waals surface area (Å²) in [6.45, 7) is 2.16. The Labute approximate surface area is 112 Å². The molecular weight excluding hydrogens is 302 g/mol. The highest BCUT2D eigenvalue weighted by atomic mass is 79.9. The van der Waals surface area contributed by atoms with Crippen molar-refractivity contribution in [1.29, 1.82) is 0 Å². The van der Waals surface area contributed by atoms with E-state index in [0.29, 0.717) is 28.4 Å². The zero-order chi connectivity index (χ0) is 13.3. The highest BCUT2D eigenvalue weighted by molar-refractivity contribution is 9.10. The van der Waals surface area contributed by atoms with Crippen LogP contribution in [-0.2, 0) is 13.6 Å². The van der Waals surface area contributed by atoms with E-state index in [0.717, 1.165) is 0 Å². The fourth-order valence-electron chi connectivity index (χ4n) is 1.47. The normalized spacial score (nSPS) is 10.7. The zero-order valence-electron chi connectivity index (χ0n) is 10.2. The Hall–Kier alpha value is -1.70. The molecular formula is C10H12BrN5O2. The van der Waals surface area contributed by atoms with Gasteiger partial charge in [-0.3, -0.25) is 4.79 Å². The number of hydrogen-bond acceptors (Lipinski definition) is 6. The summed E-state index contributed by atoms with van der Waals surface area (Å²) >= 11 is 3.27. The van der Waals surface area contributed by atoms with Gasteiger partial charge in [-0.25, -0.2) is 4.68 Å². The van der Waals surface area contributed by atoms with Gasteiger partial charge in [0.15, 0.2) is 5.82 Å². The van der Waals surface area contributed by atoms with Crippen LogP contribution in [0.5, 0.6) is 0 Å². The maximum absolute atomic E-state index is 11.7. The second-order valence-electron chi connectivity index (χ2n) is 3.86. The summed E-state index contributed by atoms with van der Waals surface area (Å²) in [6.07, 6.45) is 1.61. The van der Waals surface area contributed by atoms with Gasteiger partial charge in [0.25, 0.3) is 5.56 Å². The Bertz CT molecular complexity index is 621. The smallest absolute Gasteiger partial charge is 0.282 e. The molecule has 8 heteroatoms. The topological polar surface area (TPSA) is 77.1 Å². The van der Waals surface area contributed by atoms with Crippen molar-refractivity contribution in [1.82, 2.24) is 19.9 Å². The molecule has 2 aromatic rings. The number of rotatable bonds is 3. The molecule has 2 aromatic heterocycles. The van der Waals surface area contributed by atoms with Gasteiger partial charge in [0, 0.05) is 21.0 Å². The molecule has 0 aliphatic heterocycles. The second-order valence-corrected chi connectivity index (χ2v) is 4.65. The van der Waals surface area contributed by atoms with Crippen LogP contribution in [0, 0.1) is 6.92 Å². The Balaban J connectivity index is 2.26. The number of anilines is 1. The molecule has 0 amide bonds. The van der Waals surface area contributed by atoms with Crippen LogP contribution < -0.4 is 10.5 Å². The Kier molecular flexibility index (Phi) is 3.46. The minimum atomic E-state index is -0.191. The van der Waals surface area contributed by atoms with Crippen LogP contribution in [0.4, 0.5) is 5.69 Å². The van der Waals surface area contributed by atoms with E-state index < -0.39 is 0 Å². The van der Waals surface area contributed by atoms with Crippen molar-refractivity contribution in [2.75, 3.05) is 11.9 Å². The van der Waals surface area contributed by atoms with Crippen molar-refractivity contribution in [3.8, 4) is 0 Å². The van der Waals surface area contributed by atoms with Crippen LogP contribution in [0.3, 0.4) is 0 Å². The van der Waals surface area contributed by atoms with Gasteiger partial charge in [-0.15, -0.1) is 0 Å². The summed E-state index contributed by atoms with van der Waals surface area (Å²) in [5.74, 6) is 1.07. The number of hydrogen-bond donors (Lipinski definition) is 0. The fourth-order valence-corrected chi connectivity index (χ4v) is 2.13. The maximum Gasteiger partial charge on any atom is 0.282 e. The Morgan fingerprint density at radius 2 is 2.28 bits per heavy atom. The molecule has 0 bridgehead atoms. The van der Waals surface area contributed by atoms with Crippen molar-refractivity contribution in [2.45, 2.75) is 13.5 Å². The third-order valence-electron chi connectivity index (χ3n) is 2.42. The van der Waals surface area contributed by atoms with E-state index in [-0.39, 0.29) is 5.56 Å². The Morgan fingerprint density at radius 1 is 1.56 bits per heavy atom. The van der Waals surface area contributed by atoms with Crippen LogP contribution in [0.2, 0.25) is 0 Å². The summed E-state index contributed by atoms with van der Waals surface area (Å²) in [5.41, 5.74) is 0.490. The van der Waals surface area contributed by atoms with Crippen LogP contribution in [0.1, 0.15) is 11.7 Å². The van der Waals surface area contributed by atoms with E-state index in [1.807, 2.05) is 11.9 Å². The third kappa shape index (κ3) is 2.42. The number of aryl methyl sites for hydroxylation is 2. The molecule has 2 heterocycles. The molecule has 96 valence electrons. The van der Waals surface area contributed by atoms with Crippen LogP contribution in [-0.4, -0.2) is 27.0 Å². The van der Waals surface area contributed by atoms with E-state index in [2.05, 4.69) is 31.2 Å². The van der Waals surface area contributed by atoms with Crippen molar-refractivity contribution in [3.63, 3.8) is 0 Å². The van der Waals surface area contributed by atoms with Crippen LogP contribution in [0.15, 0.2) is 20.0 Å². The van der Waals surface area contributed by atoms with Gasteiger partial charge < -0.3 is 9.42 Å². The molecule has 0 spiro atoms. The lowest BCUT2D eigenvalue weighted by atomic mass is 10.4. The molecule has 0 aliphatic rings. The molecule has 2 rings (SSSR count). The third-order valence-corrected chi connectivity index (χ3v) is 3.16. The van der Waals surface area contributed by atoms with Gasteiger partial charge in [-0.2, -0.15) is 10.1 Å². The van der Waals surface area contributed by atoms with Crippen molar-refractivity contribution in [3.05, 3.63) is 32.7 Å². The average Bonchev–Trinajstić information content (AvgIpc) is 2.71. The molecule has 0 saturated heterocycles. The number of aromatic nitrogens is 4. The van der Waals surface area contributed by atoms with Gasteiger partial charge in [-0.1, -0.05) is 5.16 Å². The highest BCUT2D eigenvalue weighted by Crippen LogP contribution is 2.21. The summed E-state index contributed by atoms with van der Waals surface area (Å²) in [5, 5.41) is 7.78. The second kappa shape index (κ2) is 4.89. The van der Waals surface area contributed by atoms with E-state index in [9.17, 15) is 4.79 Å². The molecule has 0 N–H and O–H groups in total. The molecule has 0 unspecified atom stereocenters. The average molecular weight is 314 g/mol.